The number of hydrogen-bond donors (Lipinski definition) is 0. The summed E-state index contributed by atoms with van der Waals surface area (Å²) in [5.74, 6) is 0.354. The number of rotatable bonds is 6. The largest absolute Gasteiger partial charge is 0.305 e. The van der Waals surface area contributed by atoms with Crippen LogP contribution >= 0.6 is 11.8 Å². The van der Waals surface area contributed by atoms with E-state index in [-0.39, 0.29) is 17.0 Å². The quantitative estimate of drug-likeness (QED) is 0.263. The zero-order valence-electron chi connectivity index (χ0n) is 15.8. The fraction of sp³-hybridized carbons (Fsp3) is 0.0476. The zero-order chi connectivity index (χ0) is 21.1. The van der Waals surface area contributed by atoms with Gasteiger partial charge in [0.15, 0.2) is 16.8 Å². The summed E-state index contributed by atoms with van der Waals surface area (Å²) >= 11 is 1.12. The van der Waals surface area contributed by atoms with Gasteiger partial charge < -0.3 is 4.57 Å². The highest BCUT2D eigenvalue weighted by Crippen LogP contribution is 2.35. The Labute approximate surface area is 175 Å². The van der Waals surface area contributed by atoms with Crippen molar-refractivity contribution in [1.82, 2.24) is 19.7 Å². The molecule has 0 fully saturated rings. The molecule has 0 N–H and O–H groups in total. The van der Waals surface area contributed by atoms with Gasteiger partial charge in [-0.3, -0.25) is 19.9 Å². The highest BCUT2D eigenvalue weighted by atomic mass is 32.2. The fourth-order valence-corrected chi connectivity index (χ4v) is 3.77. The van der Waals surface area contributed by atoms with E-state index < -0.39 is 4.92 Å². The van der Waals surface area contributed by atoms with Gasteiger partial charge in [0.25, 0.3) is 5.69 Å². The van der Waals surface area contributed by atoms with Gasteiger partial charge in [0.1, 0.15) is 0 Å². The number of hydrogen-bond acceptors (Lipinski definition) is 7. The summed E-state index contributed by atoms with van der Waals surface area (Å²) in [5.41, 5.74) is 1.41. The van der Waals surface area contributed by atoms with E-state index in [2.05, 4.69) is 15.2 Å². The maximum atomic E-state index is 12.6. The van der Waals surface area contributed by atoms with E-state index in [0.717, 1.165) is 17.3 Å². The lowest BCUT2D eigenvalue weighted by atomic mass is 10.0. The second-order valence-electron chi connectivity index (χ2n) is 6.34. The number of carbonyl (C=O) groups excluding carboxylic acids is 1. The summed E-state index contributed by atoms with van der Waals surface area (Å²) in [6, 6.07) is 16.7. The number of nitrogens with zero attached hydrogens (tertiary/aromatic N) is 5. The van der Waals surface area contributed by atoms with Crippen LogP contribution in [0.1, 0.15) is 15.9 Å². The summed E-state index contributed by atoms with van der Waals surface area (Å²) in [6.07, 6.45) is 3.31. The van der Waals surface area contributed by atoms with Crippen molar-refractivity contribution in [2.24, 2.45) is 7.05 Å². The summed E-state index contributed by atoms with van der Waals surface area (Å²) in [4.78, 5) is 28.2. The monoisotopic (exact) mass is 417 g/mol. The molecule has 2 aromatic carbocycles. The number of nitro groups is 1. The standard InChI is InChI=1S/C21H15N5O3S/c1-25-20(15-9-11-22-12-10-15)23-24-21(25)30-18-8-7-16(13-17(18)26(28)29)19(27)14-5-3-2-4-6-14/h2-13H,1H3. The van der Waals surface area contributed by atoms with Crippen LogP contribution < -0.4 is 0 Å². The molecular formula is C21H15N5O3S. The summed E-state index contributed by atoms with van der Waals surface area (Å²) in [5, 5.41) is 20.5. The van der Waals surface area contributed by atoms with Crippen LogP contribution in [0, 0.1) is 10.1 Å². The van der Waals surface area contributed by atoms with E-state index >= 15 is 0 Å². The predicted octanol–water partition coefficient (Wildman–Crippen LogP) is 4.17. The van der Waals surface area contributed by atoms with Crippen molar-refractivity contribution in [2.45, 2.75) is 10.1 Å². The van der Waals surface area contributed by atoms with Crippen LogP contribution in [-0.2, 0) is 7.05 Å². The number of pyridine rings is 1. The Hall–Kier alpha value is -3.85. The summed E-state index contributed by atoms with van der Waals surface area (Å²) in [6.45, 7) is 0. The Bertz CT molecular complexity index is 1230. The molecule has 4 aromatic rings. The van der Waals surface area contributed by atoms with Crippen LogP contribution in [0.25, 0.3) is 11.4 Å². The number of carbonyl (C=O) groups is 1. The second-order valence-corrected chi connectivity index (χ2v) is 7.35. The zero-order valence-corrected chi connectivity index (χ0v) is 16.6. The van der Waals surface area contributed by atoms with E-state index in [1.165, 1.54) is 6.07 Å². The molecule has 148 valence electrons. The molecule has 0 bridgehead atoms. The molecule has 2 heterocycles. The van der Waals surface area contributed by atoms with E-state index in [1.54, 1.807) is 66.5 Å². The first-order valence-electron chi connectivity index (χ1n) is 8.90. The summed E-state index contributed by atoms with van der Waals surface area (Å²) in [7, 11) is 1.79. The van der Waals surface area contributed by atoms with E-state index in [4.69, 9.17) is 0 Å². The van der Waals surface area contributed by atoms with Gasteiger partial charge >= 0.3 is 0 Å². The van der Waals surface area contributed by atoms with Crippen molar-refractivity contribution in [3.05, 3.63) is 94.3 Å². The van der Waals surface area contributed by atoms with Gasteiger partial charge in [0, 0.05) is 42.2 Å². The molecule has 2 aromatic heterocycles. The Balaban J connectivity index is 1.66. The first-order valence-corrected chi connectivity index (χ1v) is 9.72. The van der Waals surface area contributed by atoms with Crippen LogP contribution in [0.2, 0.25) is 0 Å². The number of nitro benzene ring substituents is 1. The third-order valence-corrected chi connectivity index (χ3v) is 5.53. The Kier molecular flexibility index (Phi) is 5.36. The number of aromatic nitrogens is 4. The highest BCUT2D eigenvalue weighted by molar-refractivity contribution is 7.99. The highest BCUT2D eigenvalue weighted by Gasteiger charge is 2.21. The molecule has 0 aliphatic heterocycles. The lowest BCUT2D eigenvalue weighted by molar-refractivity contribution is -0.387. The Morgan fingerprint density at radius 3 is 2.43 bits per heavy atom. The normalized spacial score (nSPS) is 10.7. The first-order chi connectivity index (χ1) is 14.5. The van der Waals surface area contributed by atoms with Crippen molar-refractivity contribution >= 4 is 23.2 Å². The summed E-state index contributed by atoms with van der Waals surface area (Å²) < 4.78 is 1.76. The molecule has 0 atom stereocenters. The van der Waals surface area contributed by atoms with Crippen LogP contribution in [0.15, 0.2) is 83.1 Å². The fourth-order valence-electron chi connectivity index (χ4n) is 2.90. The van der Waals surface area contributed by atoms with Gasteiger partial charge in [0.05, 0.1) is 9.82 Å². The molecule has 0 aliphatic rings. The molecule has 30 heavy (non-hydrogen) atoms. The van der Waals surface area contributed by atoms with Crippen molar-refractivity contribution in [2.75, 3.05) is 0 Å². The molecule has 4 rings (SSSR count). The van der Waals surface area contributed by atoms with Crippen LogP contribution in [0.5, 0.6) is 0 Å². The lowest BCUT2D eigenvalue weighted by Gasteiger charge is -2.06. The van der Waals surface area contributed by atoms with Crippen molar-refractivity contribution in [1.29, 1.82) is 0 Å². The molecule has 0 spiro atoms. The van der Waals surface area contributed by atoms with E-state index in [0.29, 0.717) is 21.4 Å². The van der Waals surface area contributed by atoms with Crippen LogP contribution in [0.3, 0.4) is 0 Å². The van der Waals surface area contributed by atoms with Crippen LogP contribution in [-0.4, -0.2) is 30.5 Å². The maximum absolute atomic E-state index is 12.6. The molecule has 8 nitrogen and oxygen atoms in total. The Morgan fingerprint density at radius 2 is 1.73 bits per heavy atom. The molecule has 0 aliphatic carbocycles. The number of benzene rings is 2. The Morgan fingerprint density at radius 1 is 1.00 bits per heavy atom. The van der Waals surface area contributed by atoms with E-state index in [1.807, 2.05) is 12.1 Å². The molecule has 0 amide bonds. The predicted molar refractivity (Wildman–Crippen MR) is 111 cm³/mol. The van der Waals surface area contributed by atoms with Gasteiger partial charge in [-0.1, -0.05) is 30.3 Å². The van der Waals surface area contributed by atoms with Gasteiger partial charge in [0.2, 0.25) is 0 Å². The maximum Gasteiger partial charge on any atom is 0.284 e. The minimum Gasteiger partial charge on any atom is -0.305 e. The molecule has 0 saturated heterocycles. The second kappa shape index (κ2) is 8.26. The first kappa shape index (κ1) is 19.5. The molecule has 0 radical (unpaired) electrons. The average Bonchev–Trinajstić information content (AvgIpc) is 3.14. The number of ketones is 1. The van der Waals surface area contributed by atoms with Crippen molar-refractivity contribution in [3.63, 3.8) is 0 Å². The van der Waals surface area contributed by atoms with Gasteiger partial charge in [-0.05, 0) is 36.0 Å². The smallest absolute Gasteiger partial charge is 0.284 e. The van der Waals surface area contributed by atoms with Gasteiger partial charge in [-0.15, -0.1) is 10.2 Å². The third-order valence-electron chi connectivity index (χ3n) is 4.43. The van der Waals surface area contributed by atoms with Gasteiger partial charge in [-0.2, -0.15) is 0 Å². The average molecular weight is 417 g/mol. The molecule has 0 saturated carbocycles. The minimum atomic E-state index is -0.496. The topological polar surface area (TPSA) is 104 Å². The van der Waals surface area contributed by atoms with Crippen LogP contribution in [0.4, 0.5) is 5.69 Å². The van der Waals surface area contributed by atoms with E-state index in [9.17, 15) is 14.9 Å². The lowest BCUT2D eigenvalue weighted by Crippen LogP contribution is -2.03. The third kappa shape index (κ3) is 3.83. The van der Waals surface area contributed by atoms with Gasteiger partial charge in [-0.25, -0.2) is 0 Å². The van der Waals surface area contributed by atoms with Crippen molar-refractivity contribution in [3.8, 4) is 11.4 Å². The molecule has 0 unspecified atom stereocenters. The van der Waals surface area contributed by atoms with Crippen molar-refractivity contribution < 1.29 is 9.72 Å². The molecule has 9 heteroatoms. The minimum absolute atomic E-state index is 0.157. The molecular weight excluding hydrogens is 402 g/mol. The SMILES string of the molecule is Cn1c(Sc2ccc(C(=O)c3ccccc3)cc2[N+](=O)[O-])nnc1-c1ccncc1.